The average molecular weight is 359 g/mol. The lowest BCUT2D eigenvalue weighted by molar-refractivity contribution is 0.0697. The van der Waals surface area contributed by atoms with Gasteiger partial charge in [-0.05, 0) is 42.0 Å². The van der Waals surface area contributed by atoms with Gasteiger partial charge in [-0.15, -0.1) is 0 Å². The number of rotatable bonds is 6. The van der Waals surface area contributed by atoms with Crippen molar-refractivity contribution in [1.29, 1.82) is 0 Å². The van der Waals surface area contributed by atoms with Crippen LogP contribution in [-0.2, 0) is 22.2 Å². The molecule has 1 aliphatic heterocycles. The Morgan fingerprint density at radius 1 is 1.04 bits per heavy atom. The van der Waals surface area contributed by atoms with E-state index in [2.05, 4.69) is 0 Å². The first-order chi connectivity index (χ1) is 11.9. The largest absolute Gasteiger partial charge is 0.478 e. The van der Waals surface area contributed by atoms with Gasteiger partial charge in [-0.2, -0.15) is 0 Å². The first-order valence-electron chi connectivity index (χ1n) is 8.28. The zero-order chi connectivity index (χ0) is 17.9. The predicted octanol–water partition coefficient (Wildman–Crippen LogP) is 2.78. The molecule has 2 aromatic carbocycles. The Bertz CT molecular complexity index is 831. The van der Waals surface area contributed by atoms with E-state index in [9.17, 15) is 13.2 Å². The van der Waals surface area contributed by atoms with Crippen LogP contribution in [0.15, 0.2) is 54.6 Å². The van der Waals surface area contributed by atoms with Gasteiger partial charge in [-0.3, -0.25) is 0 Å². The first-order valence-corrected chi connectivity index (χ1v) is 9.89. The Morgan fingerprint density at radius 2 is 1.72 bits per heavy atom. The fraction of sp³-hybridized carbons (Fsp3) is 0.316. The molecule has 3 rings (SSSR count). The van der Waals surface area contributed by atoms with Crippen LogP contribution in [0.25, 0.3) is 0 Å². The number of hydrogen-bond donors (Lipinski definition) is 1. The normalized spacial score (nSPS) is 18.3. The summed E-state index contributed by atoms with van der Waals surface area (Å²) in [5.74, 6) is -0.639. The minimum absolute atomic E-state index is 0.0356. The maximum atomic E-state index is 12.6. The molecule has 1 aliphatic rings. The number of aromatic carboxylic acids is 1. The van der Waals surface area contributed by atoms with Crippen LogP contribution in [0.4, 0.5) is 0 Å². The van der Waals surface area contributed by atoms with Crippen LogP contribution in [0.1, 0.15) is 27.9 Å². The van der Waals surface area contributed by atoms with Crippen LogP contribution < -0.4 is 0 Å². The zero-order valence-electron chi connectivity index (χ0n) is 13.8. The highest BCUT2D eigenvalue weighted by Crippen LogP contribution is 2.25. The first kappa shape index (κ1) is 17.6. The Balaban J connectivity index is 1.60. The van der Waals surface area contributed by atoms with Crippen LogP contribution in [0.2, 0.25) is 0 Å². The molecule has 1 fully saturated rings. The van der Waals surface area contributed by atoms with Crippen LogP contribution in [0.3, 0.4) is 0 Å². The molecular formula is C19H21NO4S. The number of carbonyl (C=O) groups is 1. The van der Waals surface area contributed by atoms with Gasteiger partial charge in [-0.1, -0.05) is 42.5 Å². The van der Waals surface area contributed by atoms with E-state index in [-0.39, 0.29) is 17.2 Å². The highest BCUT2D eigenvalue weighted by molar-refractivity contribution is 7.88. The molecule has 132 valence electrons. The summed E-state index contributed by atoms with van der Waals surface area (Å²) in [6.07, 6.45) is 1.59. The number of nitrogens with zero attached hydrogens (tertiary/aromatic N) is 1. The summed E-state index contributed by atoms with van der Waals surface area (Å²) in [6.45, 7) is 1.07. The molecule has 1 N–H and O–H groups in total. The van der Waals surface area contributed by atoms with Gasteiger partial charge >= 0.3 is 5.97 Å². The minimum atomic E-state index is -3.30. The number of carboxylic acid groups (broad SMARTS) is 1. The fourth-order valence-electron chi connectivity index (χ4n) is 3.21. The lowest BCUT2D eigenvalue weighted by Crippen LogP contribution is -2.30. The summed E-state index contributed by atoms with van der Waals surface area (Å²) in [6, 6.07) is 16.0. The number of carboxylic acids is 1. The van der Waals surface area contributed by atoms with Crippen LogP contribution >= 0.6 is 0 Å². The molecule has 1 saturated heterocycles. The molecule has 5 nitrogen and oxygen atoms in total. The van der Waals surface area contributed by atoms with Gasteiger partial charge < -0.3 is 5.11 Å². The molecule has 2 aromatic rings. The smallest absolute Gasteiger partial charge is 0.335 e. The Hall–Kier alpha value is -2.18. The topological polar surface area (TPSA) is 74.7 Å². The van der Waals surface area contributed by atoms with E-state index < -0.39 is 16.0 Å². The van der Waals surface area contributed by atoms with E-state index in [1.54, 1.807) is 16.4 Å². The average Bonchev–Trinajstić information content (AvgIpc) is 3.05. The van der Waals surface area contributed by atoms with Gasteiger partial charge in [0.1, 0.15) is 0 Å². The van der Waals surface area contributed by atoms with Gasteiger partial charge in [0.05, 0.1) is 11.3 Å². The van der Waals surface area contributed by atoms with Crippen molar-refractivity contribution in [2.24, 2.45) is 5.92 Å². The van der Waals surface area contributed by atoms with E-state index in [0.717, 1.165) is 24.0 Å². The SMILES string of the molecule is O=C(O)c1ccc(C[C@H]2CCN(S(=O)(=O)Cc3ccccc3)C2)cc1. The van der Waals surface area contributed by atoms with E-state index in [0.29, 0.717) is 13.1 Å². The number of hydrogen-bond acceptors (Lipinski definition) is 3. The van der Waals surface area contributed by atoms with Crippen LogP contribution in [-0.4, -0.2) is 36.9 Å². The van der Waals surface area contributed by atoms with Crippen molar-refractivity contribution in [3.05, 3.63) is 71.3 Å². The van der Waals surface area contributed by atoms with Crippen molar-refractivity contribution in [3.63, 3.8) is 0 Å². The van der Waals surface area contributed by atoms with Gasteiger partial charge in [0.25, 0.3) is 0 Å². The zero-order valence-corrected chi connectivity index (χ0v) is 14.7. The van der Waals surface area contributed by atoms with Crippen molar-refractivity contribution < 1.29 is 18.3 Å². The summed E-state index contributed by atoms with van der Waals surface area (Å²) in [5.41, 5.74) is 2.11. The van der Waals surface area contributed by atoms with Gasteiger partial charge in [0, 0.05) is 13.1 Å². The van der Waals surface area contributed by atoms with Crippen molar-refractivity contribution in [2.75, 3.05) is 13.1 Å². The summed E-state index contributed by atoms with van der Waals surface area (Å²) in [5, 5.41) is 8.93. The predicted molar refractivity (Wildman–Crippen MR) is 95.9 cm³/mol. The standard InChI is InChI=1S/C19H21NO4S/c21-19(22)18-8-6-15(7-9-18)12-17-10-11-20(13-17)25(23,24)14-16-4-2-1-3-5-16/h1-9,17H,10-14H2,(H,21,22)/t17-/m1/s1. The fourth-order valence-corrected chi connectivity index (χ4v) is 4.83. The molecular weight excluding hydrogens is 338 g/mol. The molecule has 6 heteroatoms. The maximum Gasteiger partial charge on any atom is 0.335 e. The summed E-state index contributed by atoms with van der Waals surface area (Å²) >= 11 is 0. The molecule has 0 amide bonds. The van der Waals surface area contributed by atoms with Crippen LogP contribution in [0, 0.1) is 5.92 Å². The van der Waals surface area contributed by atoms with Crippen LogP contribution in [0.5, 0.6) is 0 Å². The second kappa shape index (κ2) is 7.37. The van der Waals surface area contributed by atoms with Crippen molar-refractivity contribution >= 4 is 16.0 Å². The van der Waals surface area contributed by atoms with Crippen molar-refractivity contribution in [2.45, 2.75) is 18.6 Å². The minimum Gasteiger partial charge on any atom is -0.478 e. The second-order valence-electron chi connectivity index (χ2n) is 6.46. The molecule has 0 bridgehead atoms. The molecule has 25 heavy (non-hydrogen) atoms. The number of sulfonamides is 1. The van der Waals surface area contributed by atoms with Gasteiger partial charge in [-0.25, -0.2) is 17.5 Å². The van der Waals surface area contributed by atoms with E-state index in [1.165, 1.54) is 0 Å². The second-order valence-corrected chi connectivity index (χ2v) is 8.43. The summed E-state index contributed by atoms with van der Waals surface area (Å²) in [7, 11) is -3.30. The summed E-state index contributed by atoms with van der Waals surface area (Å²) in [4.78, 5) is 10.9. The lowest BCUT2D eigenvalue weighted by Gasteiger charge is -2.17. The Kier molecular flexibility index (Phi) is 5.20. The number of benzene rings is 2. The summed E-state index contributed by atoms with van der Waals surface area (Å²) < 4.78 is 26.7. The lowest BCUT2D eigenvalue weighted by atomic mass is 9.98. The maximum absolute atomic E-state index is 12.6. The highest BCUT2D eigenvalue weighted by atomic mass is 32.2. The molecule has 1 heterocycles. The van der Waals surface area contributed by atoms with Gasteiger partial charge in [0.2, 0.25) is 10.0 Å². The Labute approximate surface area is 148 Å². The highest BCUT2D eigenvalue weighted by Gasteiger charge is 2.31. The van der Waals surface area contributed by atoms with Gasteiger partial charge in [0.15, 0.2) is 0 Å². The third-order valence-corrected chi connectivity index (χ3v) is 6.38. The van der Waals surface area contributed by atoms with E-state index in [1.807, 2.05) is 42.5 Å². The van der Waals surface area contributed by atoms with Crippen molar-refractivity contribution in [1.82, 2.24) is 4.31 Å². The third kappa shape index (κ3) is 4.46. The molecule has 0 radical (unpaired) electrons. The third-order valence-electron chi connectivity index (χ3n) is 4.56. The van der Waals surface area contributed by atoms with E-state index >= 15 is 0 Å². The molecule has 1 atom stereocenters. The monoisotopic (exact) mass is 359 g/mol. The van der Waals surface area contributed by atoms with Crippen molar-refractivity contribution in [3.8, 4) is 0 Å². The van der Waals surface area contributed by atoms with E-state index in [4.69, 9.17) is 5.11 Å². The molecule has 0 aliphatic carbocycles. The Morgan fingerprint density at radius 3 is 2.36 bits per heavy atom. The molecule has 0 saturated carbocycles. The molecule has 0 unspecified atom stereocenters. The quantitative estimate of drug-likeness (QED) is 0.861. The molecule has 0 spiro atoms. The molecule has 0 aromatic heterocycles.